The Morgan fingerprint density at radius 1 is 1.19 bits per heavy atom. The van der Waals surface area contributed by atoms with Gasteiger partial charge in [0.25, 0.3) is 0 Å². The van der Waals surface area contributed by atoms with Crippen molar-refractivity contribution < 1.29 is 9.53 Å². The number of amides is 1. The van der Waals surface area contributed by atoms with Crippen LogP contribution in [0, 0.1) is 0 Å². The number of imidazole rings is 1. The summed E-state index contributed by atoms with van der Waals surface area (Å²) in [7, 11) is 0. The second kappa shape index (κ2) is 7.65. The molecule has 0 bridgehead atoms. The normalized spacial score (nSPS) is 21.3. The van der Waals surface area contributed by atoms with E-state index in [1.54, 1.807) is 11.1 Å². The number of carbonyl (C=O) groups excluding carboxylic acids is 1. The van der Waals surface area contributed by atoms with Crippen molar-refractivity contribution in [2.45, 2.75) is 58.2 Å². The van der Waals surface area contributed by atoms with E-state index in [1.165, 1.54) is 0 Å². The fourth-order valence-corrected chi connectivity index (χ4v) is 4.40. The number of carbonyl (C=O) groups is 1. The first-order valence-electron chi connectivity index (χ1n) is 11.0. The molecule has 9 nitrogen and oxygen atoms in total. The van der Waals surface area contributed by atoms with Gasteiger partial charge in [-0.05, 0) is 40.5 Å². The molecule has 2 atom stereocenters. The molecule has 170 valence electrons. The van der Waals surface area contributed by atoms with E-state index in [0.29, 0.717) is 24.3 Å². The maximum atomic E-state index is 12.4. The van der Waals surface area contributed by atoms with Gasteiger partial charge in [0.1, 0.15) is 10.8 Å². The van der Waals surface area contributed by atoms with Gasteiger partial charge in [-0.15, -0.1) is 0 Å². The Balaban J connectivity index is 1.39. The predicted octanol–water partition coefficient (Wildman–Crippen LogP) is 4.03. The largest absolute Gasteiger partial charge is 0.444 e. The molecule has 2 saturated heterocycles. The van der Waals surface area contributed by atoms with Crippen molar-refractivity contribution in [3.8, 4) is 11.3 Å². The summed E-state index contributed by atoms with van der Waals surface area (Å²) in [5, 5.41) is 5.13. The van der Waals surface area contributed by atoms with E-state index < -0.39 is 5.60 Å². The summed E-state index contributed by atoms with van der Waals surface area (Å²) in [5.74, 6) is 0.845. The number of nitrogens with zero attached hydrogens (tertiary/aromatic N) is 7. The van der Waals surface area contributed by atoms with Crippen molar-refractivity contribution in [3.05, 3.63) is 29.9 Å². The quantitative estimate of drug-likeness (QED) is 0.590. The van der Waals surface area contributed by atoms with Crippen molar-refractivity contribution in [2.75, 3.05) is 24.5 Å². The highest BCUT2D eigenvalue weighted by atomic mass is 35.5. The standard InChI is InChI=1S/C22H28ClN7O2/c1-14-5-8-28(14)20-19-24-10-18(23)29(19)13-17(26-20)15-9-25-30(11-15)16-6-7-27(12-16)21(31)32-22(2,3)4/h9-11,13-14,16H,5-8,12H2,1-4H3/t14-,16+/m0/s1. The monoisotopic (exact) mass is 457 g/mol. The Hall–Kier alpha value is -2.81. The van der Waals surface area contributed by atoms with Crippen LogP contribution in [0.5, 0.6) is 0 Å². The summed E-state index contributed by atoms with van der Waals surface area (Å²) < 4.78 is 9.31. The van der Waals surface area contributed by atoms with E-state index in [4.69, 9.17) is 21.3 Å². The smallest absolute Gasteiger partial charge is 0.410 e. The van der Waals surface area contributed by atoms with Crippen LogP contribution in [0.2, 0.25) is 5.15 Å². The average molecular weight is 458 g/mol. The molecule has 2 aliphatic rings. The molecule has 1 amide bonds. The summed E-state index contributed by atoms with van der Waals surface area (Å²) in [6.07, 6.45) is 9.06. The molecular weight excluding hydrogens is 430 g/mol. The number of hydrogen-bond acceptors (Lipinski definition) is 6. The van der Waals surface area contributed by atoms with Crippen molar-refractivity contribution >= 4 is 29.2 Å². The van der Waals surface area contributed by atoms with E-state index in [-0.39, 0.29) is 12.1 Å². The Kier molecular flexibility index (Phi) is 5.03. The van der Waals surface area contributed by atoms with Crippen LogP contribution in [0.4, 0.5) is 10.6 Å². The second-order valence-electron chi connectivity index (χ2n) is 9.63. The third-order valence-corrected chi connectivity index (χ3v) is 6.39. The van der Waals surface area contributed by atoms with E-state index in [2.05, 4.69) is 21.9 Å². The number of likely N-dealkylation sites (tertiary alicyclic amines) is 1. The number of halogens is 1. The van der Waals surface area contributed by atoms with E-state index in [1.807, 2.05) is 48.4 Å². The molecule has 2 aliphatic heterocycles. The first-order chi connectivity index (χ1) is 15.2. The van der Waals surface area contributed by atoms with Gasteiger partial charge in [0.2, 0.25) is 0 Å². The van der Waals surface area contributed by atoms with Gasteiger partial charge in [0.05, 0.1) is 24.1 Å². The van der Waals surface area contributed by atoms with Gasteiger partial charge in [0.15, 0.2) is 11.5 Å². The highest BCUT2D eigenvalue weighted by Crippen LogP contribution is 2.32. The van der Waals surface area contributed by atoms with Gasteiger partial charge in [-0.1, -0.05) is 11.6 Å². The van der Waals surface area contributed by atoms with Crippen LogP contribution >= 0.6 is 11.6 Å². The molecule has 0 radical (unpaired) electrons. The van der Waals surface area contributed by atoms with Crippen LogP contribution in [0.1, 0.15) is 46.6 Å². The van der Waals surface area contributed by atoms with Gasteiger partial charge in [-0.25, -0.2) is 14.8 Å². The zero-order chi connectivity index (χ0) is 22.6. The molecule has 5 rings (SSSR count). The number of anilines is 1. The second-order valence-corrected chi connectivity index (χ2v) is 10.0. The zero-order valence-electron chi connectivity index (χ0n) is 18.8. The maximum Gasteiger partial charge on any atom is 0.410 e. The Morgan fingerprint density at radius 2 is 2.00 bits per heavy atom. The third-order valence-electron chi connectivity index (χ3n) is 6.11. The molecule has 5 heterocycles. The predicted molar refractivity (Wildman–Crippen MR) is 122 cm³/mol. The number of rotatable bonds is 3. The molecule has 0 saturated carbocycles. The lowest BCUT2D eigenvalue weighted by Gasteiger charge is -2.39. The van der Waals surface area contributed by atoms with Crippen LogP contribution in [0.3, 0.4) is 0 Å². The summed E-state index contributed by atoms with van der Waals surface area (Å²) >= 11 is 6.39. The molecule has 3 aromatic heterocycles. The number of hydrogen-bond donors (Lipinski definition) is 0. The fourth-order valence-electron chi connectivity index (χ4n) is 4.23. The lowest BCUT2D eigenvalue weighted by atomic mass is 10.1. The Bertz CT molecular complexity index is 1160. The Labute approximate surface area is 191 Å². The van der Waals surface area contributed by atoms with Crippen molar-refractivity contribution in [1.29, 1.82) is 0 Å². The summed E-state index contributed by atoms with van der Waals surface area (Å²) in [4.78, 5) is 25.8. The van der Waals surface area contributed by atoms with Gasteiger partial charge >= 0.3 is 6.09 Å². The summed E-state index contributed by atoms with van der Waals surface area (Å²) in [6.45, 7) is 10.0. The fraction of sp³-hybridized carbons (Fsp3) is 0.545. The lowest BCUT2D eigenvalue weighted by molar-refractivity contribution is 0.0288. The van der Waals surface area contributed by atoms with Crippen LogP contribution in [-0.2, 0) is 4.74 Å². The SMILES string of the molecule is C[C@H]1CCN1c1nc(-c2cnn([C@@H]3CCN(C(=O)OC(C)(C)C)C3)c2)cn2c(Cl)cnc12. The minimum Gasteiger partial charge on any atom is -0.444 e. The topological polar surface area (TPSA) is 80.8 Å². The first-order valence-corrected chi connectivity index (χ1v) is 11.4. The van der Waals surface area contributed by atoms with Crippen LogP contribution in [0.25, 0.3) is 16.9 Å². The van der Waals surface area contributed by atoms with Gasteiger partial charge in [0, 0.05) is 43.6 Å². The molecule has 10 heteroatoms. The minimum absolute atomic E-state index is 0.103. The van der Waals surface area contributed by atoms with Gasteiger partial charge in [-0.3, -0.25) is 9.08 Å². The highest BCUT2D eigenvalue weighted by Gasteiger charge is 2.32. The number of aromatic nitrogens is 5. The lowest BCUT2D eigenvalue weighted by Crippen LogP contribution is -2.46. The summed E-state index contributed by atoms with van der Waals surface area (Å²) in [5.41, 5.74) is 1.96. The molecule has 0 spiro atoms. The van der Waals surface area contributed by atoms with Crippen LogP contribution in [0.15, 0.2) is 24.8 Å². The molecule has 0 N–H and O–H groups in total. The highest BCUT2D eigenvalue weighted by molar-refractivity contribution is 6.29. The van der Waals surface area contributed by atoms with Crippen molar-refractivity contribution in [2.24, 2.45) is 0 Å². The van der Waals surface area contributed by atoms with Gasteiger partial charge < -0.3 is 14.5 Å². The molecular formula is C22H28ClN7O2. The van der Waals surface area contributed by atoms with Crippen LogP contribution in [-0.4, -0.2) is 66.4 Å². The van der Waals surface area contributed by atoms with E-state index in [9.17, 15) is 4.79 Å². The zero-order valence-corrected chi connectivity index (χ0v) is 19.6. The molecule has 0 aliphatic carbocycles. The average Bonchev–Trinajstić information content (AvgIpc) is 3.45. The van der Waals surface area contributed by atoms with Crippen molar-refractivity contribution in [3.63, 3.8) is 0 Å². The molecule has 2 fully saturated rings. The molecule has 0 unspecified atom stereocenters. The number of fused-ring (bicyclic) bond motifs is 1. The third kappa shape index (κ3) is 3.79. The maximum absolute atomic E-state index is 12.4. The molecule has 32 heavy (non-hydrogen) atoms. The van der Waals surface area contributed by atoms with Gasteiger partial charge in [-0.2, -0.15) is 5.10 Å². The first kappa shape index (κ1) is 21.1. The molecule has 0 aromatic carbocycles. The van der Waals surface area contributed by atoms with E-state index in [0.717, 1.165) is 42.1 Å². The minimum atomic E-state index is -0.501. The molecule has 3 aromatic rings. The summed E-state index contributed by atoms with van der Waals surface area (Å²) in [6, 6.07) is 0.531. The number of ether oxygens (including phenoxy) is 1. The van der Waals surface area contributed by atoms with Crippen LogP contribution < -0.4 is 4.90 Å². The van der Waals surface area contributed by atoms with Crippen molar-refractivity contribution in [1.82, 2.24) is 29.0 Å². The Morgan fingerprint density at radius 3 is 2.69 bits per heavy atom. The van der Waals surface area contributed by atoms with E-state index >= 15 is 0 Å².